The molecule has 2 N–H and O–H groups in total. The van der Waals surface area contributed by atoms with Gasteiger partial charge in [0.15, 0.2) is 27.7 Å². The van der Waals surface area contributed by atoms with E-state index < -0.39 is 11.8 Å². The predicted molar refractivity (Wildman–Crippen MR) is 109 cm³/mol. The van der Waals surface area contributed by atoms with Crippen molar-refractivity contribution in [3.8, 4) is 12.3 Å². The van der Waals surface area contributed by atoms with Gasteiger partial charge in [0.05, 0.1) is 12.9 Å². The minimum absolute atomic E-state index is 0.0180. The molecule has 154 valence electrons. The van der Waals surface area contributed by atoms with Gasteiger partial charge in [-0.25, -0.2) is 4.98 Å². The molecule has 3 rings (SSSR count). The van der Waals surface area contributed by atoms with Crippen LogP contribution in [0.4, 0.5) is 5.82 Å². The van der Waals surface area contributed by atoms with Crippen molar-refractivity contribution >= 4 is 51.4 Å². The zero-order valence-electron chi connectivity index (χ0n) is 15.7. The van der Waals surface area contributed by atoms with E-state index in [0.29, 0.717) is 36.2 Å². The Hall–Kier alpha value is -2.19. The number of hydrogen-bond donors (Lipinski definition) is 2. The van der Waals surface area contributed by atoms with E-state index in [-0.39, 0.29) is 35.2 Å². The third-order valence-corrected chi connectivity index (χ3v) is 5.56. The van der Waals surface area contributed by atoms with E-state index in [9.17, 15) is 14.7 Å². The van der Waals surface area contributed by atoms with Crippen LogP contribution in [0.25, 0.3) is 11.2 Å². The lowest BCUT2D eigenvalue weighted by atomic mass is 10.0. The molecule has 1 aliphatic rings. The van der Waals surface area contributed by atoms with Crippen LogP contribution in [0, 0.1) is 12.3 Å². The summed E-state index contributed by atoms with van der Waals surface area (Å²) in [6.45, 7) is 1.20. The summed E-state index contributed by atoms with van der Waals surface area (Å²) >= 11 is 7.22. The number of nitrogens with one attached hydrogen (secondary N) is 1. The summed E-state index contributed by atoms with van der Waals surface area (Å²) in [5, 5.41) is 12.2. The number of thioether (sulfide) groups is 1. The minimum Gasteiger partial charge on any atom is -0.392 e. The van der Waals surface area contributed by atoms with Gasteiger partial charge in [0.1, 0.15) is 6.23 Å². The molecule has 0 unspecified atom stereocenters. The molecular formula is C18H20ClN5O4S. The lowest BCUT2D eigenvalue weighted by molar-refractivity contribution is -0.116. The van der Waals surface area contributed by atoms with Gasteiger partial charge in [0, 0.05) is 19.1 Å². The van der Waals surface area contributed by atoms with E-state index in [1.54, 1.807) is 4.57 Å². The van der Waals surface area contributed by atoms with Crippen LogP contribution in [0.3, 0.4) is 0 Å². The van der Waals surface area contributed by atoms with E-state index in [4.69, 9.17) is 22.8 Å². The van der Waals surface area contributed by atoms with Crippen LogP contribution >= 0.6 is 23.4 Å². The third kappa shape index (κ3) is 4.87. The number of aliphatic hydroxyl groups is 1. The van der Waals surface area contributed by atoms with E-state index in [0.717, 1.165) is 0 Å². The lowest BCUT2D eigenvalue weighted by Crippen LogP contribution is -2.31. The number of rotatable bonds is 7. The Kier molecular flexibility index (Phi) is 6.74. The lowest BCUT2D eigenvalue weighted by Gasteiger charge is -2.21. The number of carbonyl (C=O) groups excluding carboxylic acids is 2. The monoisotopic (exact) mass is 437 g/mol. The Morgan fingerprint density at radius 2 is 2.34 bits per heavy atom. The Morgan fingerprint density at radius 1 is 1.55 bits per heavy atom. The first kappa shape index (κ1) is 21.5. The zero-order valence-corrected chi connectivity index (χ0v) is 17.3. The Labute approximate surface area is 176 Å². The van der Waals surface area contributed by atoms with Crippen molar-refractivity contribution in [3.05, 3.63) is 11.6 Å². The number of hydrogen-bond acceptors (Lipinski definition) is 8. The molecule has 0 bridgehead atoms. The number of halogens is 1. The fourth-order valence-electron chi connectivity index (χ4n) is 3.03. The van der Waals surface area contributed by atoms with Crippen molar-refractivity contribution in [3.63, 3.8) is 0 Å². The van der Waals surface area contributed by atoms with Gasteiger partial charge in [-0.15, -0.1) is 6.42 Å². The number of anilines is 1. The average Bonchev–Trinajstić information content (AvgIpc) is 3.29. The van der Waals surface area contributed by atoms with E-state index in [1.807, 2.05) is 0 Å². The summed E-state index contributed by atoms with van der Waals surface area (Å²) in [5.41, 5.74) is -0.276. The fourth-order valence-corrected chi connectivity index (χ4v) is 3.77. The summed E-state index contributed by atoms with van der Waals surface area (Å²) in [6.07, 6.45) is 8.39. The van der Waals surface area contributed by atoms with Crippen molar-refractivity contribution < 1.29 is 19.4 Å². The largest absolute Gasteiger partial charge is 0.392 e. The number of amides is 1. The standard InChI is InChI=1S/C18H20ClN5O4S/c1-3-18(9-25)7-6-13(28-18)24-10-20-14-15(22-17(19)23-16(14)24)21-12(27)5-4-8-29-11(2)26/h1,10,13,25H,4-9H2,2H3,(H,21,22,23,27)/t13-,18+/m1/s1. The Morgan fingerprint density at radius 3 is 3.00 bits per heavy atom. The molecule has 0 spiro atoms. The van der Waals surface area contributed by atoms with E-state index >= 15 is 0 Å². The van der Waals surface area contributed by atoms with Crippen LogP contribution < -0.4 is 5.32 Å². The first-order valence-electron chi connectivity index (χ1n) is 8.97. The Balaban J connectivity index is 1.77. The van der Waals surface area contributed by atoms with Gasteiger partial charge in [-0.05, 0) is 30.9 Å². The molecule has 1 amide bonds. The van der Waals surface area contributed by atoms with Crippen molar-refractivity contribution in [1.82, 2.24) is 19.5 Å². The second-order valence-corrected chi connectivity index (χ2v) is 8.17. The first-order chi connectivity index (χ1) is 13.9. The molecule has 0 radical (unpaired) electrons. The first-order valence-corrected chi connectivity index (χ1v) is 10.3. The SMILES string of the molecule is C#C[C@@]1(CO)CC[C@H](n2cnc3c(NC(=O)CCCSC(C)=O)nc(Cl)nc32)O1. The fraction of sp³-hybridized carbons (Fsp3) is 0.500. The van der Waals surface area contributed by atoms with Crippen LogP contribution in [0.5, 0.6) is 0 Å². The second kappa shape index (κ2) is 9.09. The van der Waals surface area contributed by atoms with Crippen LogP contribution in [-0.4, -0.2) is 53.6 Å². The number of aromatic nitrogens is 4. The summed E-state index contributed by atoms with van der Waals surface area (Å²) in [7, 11) is 0. The van der Waals surface area contributed by atoms with Crippen molar-refractivity contribution in [2.45, 2.75) is 44.4 Å². The molecule has 9 nitrogen and oxygen atoms in total. The molecule has 1 fully saturated rings. The number of aliphatic hydroxyl groups excluding tert-OH is 1. The Bertz CT molecular complexity index is 975. The highest BCUT2D eigenvalue weighted by Crippen LogP contribution is 2.37. The highest BCUT2D eigenvalue weighted by Gasteiger charge is 2.39. The molecule has 29 heavy (non-hydrogen) atoms. The van der Waals surface area contributed by atoms with Gasteiger partial charge in [-0.1, -0.05) is 17.7 Å². The maximum absolute atomic E-state index is 12.2. The van der Waals surface area contributed by atoms with Crippen molar-refractivity contribution in [1.29, 1.82) is 0 Å². The number of carbonyl (C=O) groups is 2. The summed E-state index contributed by atoms with van der Waals surface area (Å²) in [5.74, 6) is 3.01. The van der Waals surface area contributed by atoms with Gasteiger partial charge in [-0.2, -0.15) is 9.97 Å². The molecule has 11 heteroatoms. The minimum atomic E-state index is -1.03. The van der Waals surface area contributed by atoms with Crippen molar-refractivity contribution in [2.24, 2.45) is 0 Å². The van der Waals surface area contributed by atoms with Gasteiger partial charge < -0.3 is 15.2 Å². The number of fused-ring (bicyclic) bond motifs is 1. The quantitative estimate of drug-likeness (QED) is 0.384. The molecule has 0 aliphatic carbocycles. The van der Waals surface area contributed by atoms with Crippen LogP contribution in [0.2, 0.25) is 5.28 Å². The average molecular weight is 438 g/mol. The normalized spacial score (nSPS) is 21.2. The van der Waals surface area contributed by atoms with Crippen LogP contribution in [0.15, 0.2) is 6.33 Å². The molecule has 1 aliphatic heterocycles. The van der Waals surface area contributed by atoms with Crippen molar-refractivity contribution in [2.75, 3.05) is 17.7 Å². The highest BCUT2D eigenvalue weighted by atomic mass is 35.5. The molecule has 2 atom stereocenters. The molecule has 0 aromatic carbocycles. The summed E-state index contributed by atoms with van der Waals surface area (Å²) < 4.78 is 7.53. The zero-order chi connectivity index (χ0) is 21.0. The number of imidazole rings is 1. The topological polar surface area (TPSA) is 119 Å². The molecular weight excluding hydrogens is 418 g/mol. The maximum atomic E-state index is 12.2. The second-order valence-electron chi connectivity index (χ2n) is 6.56. The van der Waals surface area contributed by atoms with Gasteiger partial charge in [-0.3, -0.25) is 14.2 Å². The predicted octanol–water partition coefficient (Wildman–Crippen LogP) is 2.15. The summed E-state index contributed by atoms with van der Waals surface area (Å²) in [6, 6.07) is 0. The van der Waals surface area contributed by atoms with Gasteiger partial charge >= 0.3 is 0 Å². The molecule has 2 aromatic heterocycles. The van der Waals surface area contributed by atoms with Crippen LogP contribution in [0.1, 0.15) is 38.8 Å². The maximum Gasteiger partial charge on any atom is 0.226 e. The van der Waals surface area contributed by atoms with Gasteiger partial charge in [0.2, 0.25) is 11.2 Å². The third-order valence-electron chi connectivity index (χ3n) is 4.49. The van der Waals surface area contributed by atoms with Gasteiger partial charge in [0.25, 0.3) is 0 Å². The summed E-state index contributed by atoms with van der Waals surface area (Å²) in [4.78, 5) is 35.7. The molecule has 3 heterocycles. The molecule has 0 saturated carbocycles. The van der Waals surface area contributed by atoms with E-state index in [2.05, 4.69) is 26.2 Å². The van der Waals surface area contributed by atoms with E-state index in [1.165, 1.54) is 25.0 Å². The smallest absolute Gasteiger partial charge is 0.226 e. The van der Waals surface area contributed by atoms with Crippen LogP contribution in [-0.2, 0) is 14.3 Å². The number of terminal acetylenes is 1. The molecule has 1 saturated heterocycles. The molecule has 2 aromatic rings. The number of ether oxygens (including phenoxy) is 1. The number of nitrogens with zero attached hydrogens (tertiary/aromatic N) is 4. The highest BCUT2D eigenvalue weighted by molar-refractivity contribution is 8.13.